The molecule has 2 aromatic rings. The molecule has 0 aliphatic rings. The standard InChI is InChI=1S/C11H14BrN5/c1-8-5-16-17(7-8)3-2-14-11-10(12)4-9(13)6-15-11/h4-7H,2-3,13H2,1H3,(H,14,15). The second kappa shape index (κ2) is 5.18. The van der Waals surface area contributed by atoms with Gasteiger partial charge in [-0.25, -0.2) is 4.98 Å². The van der Waals surface area contributed by atoms with Crippen LogP contribution in [0.2, 0.25) is 0 Å². The third kappa shape index (κ3) is 3.20. The minimum absolute atomic E-state index is 0.644. The van der Waals surface area contributed by atoms with Crippen LogP contribution >= 0.6 is 15.9 Å². The van der Waals surface area contributed by atoms with E-state index in [4.69, 9.17) is 5.73 Å². The molecule has 90 valence electrons. The number of aryl methyl sites for hydroxylation is 1. The number of nitrogens with two attached hydrogens (primary N) is 1. The van der Waals surface area contributed by atoms with Crippen molar-refractivity contribution in [2.75, 3.05) is 17.6 Å². The minimum atomic E-state index is 0.644. The Morgan fingerprint density at radius 2 is 2.29 bits per heavy atom. The average molecular weight is 296 g/mol. The summed E-state index contributed by atoms with van der Waals surface area (Å²) < 4.78 is 2.77. The Balaban J connectivity index is 1.90. The van der Waals surface area contributed by atoms with Gasteiger partial charge in [0.1, 0.15) is 5.82 Å². The maximum Gasteiger partial charge on any atom is 0.140 e. The number of aromatic nitrogens is 3. The molecule has 0 bridgehead atoms. The van der Waals surface area contributed by atoms with Gasteiger partial charge in [0, 0.05) is 12.7 Å². The topological polar surface area (TPSA) is 68.8 Å². The molecule has 0 fully saturated rings. The van der Waals surface area contributed by atoms with Gasteiger partial charge in [-0.3, -0.25) is 4.68 Å². The highest BCUT2D eigenvalue weighted by atomic mass is 79.9. The summed E-state index contributed by atoms with van der Waals surface area (Å²) in [5.41, 5.74) is 7.42. The number of anilines is 2. The fraction of sp³-hybridized carbons (Fsp3) is 0.273. The Kier molecular flexibility index (Phi) is 3.63. The van der Waals surface area contributed by atoms with E-state index in [1.54, 1.807) is 6.20 Å². The lowest BCUT2D eigenvalue weighted by molar-refractivity contribution is 0.636. The smallest absolute Gasteiger partial charge is 0.140 e. The summed E-state index contributed by atoms with van der Waals surface area (Å²) in [5, 5.41) is 7.43. The lowest BCUT2D eigenvalue weighted by atomic mass is 10.4. The Hall–Kier alpha value is -1.56. The maximum atomic E-state index is 5.62. The molecule has 5 nitrogen and oxygen atoms in total. The van der Waals surface area contributed by atoms with E-state index in [-0.39, 0.29) is 0 Å². The van der Waals surface area contributed by atoms with Gasteiger partial charge in [-0.05, 0) is 34.5 Å². The van der Waals surface area contributed by atoms with E-state index < -0.39 is 0 Å². The molecular formula is C11H14BrN5. The highest BCUT2D eigenvalue weighted by Crippen LogP contribution is 2.21. The van der Waals surface area contributed by atoms with Crippen molar-refractivity contribution in [3.63, 3.8) is 0 Å². The summed E-state index contributed by atoms with van der Waals surface area (Å²) in [5.74, 6) is 0.795. The zero-order chi connectivity index (χ0) is 12.3. The van der Waals surface area contributed by atoms with Crippen molar-refractivity contribution in [2.24, 2.45) is 0 Å². The van der Waals surface area contributed by atoms with Gasteiger partial charge in [-0.15, -0.1) is 0 Å². The maximum absolute atomic E-state index is 5.62. The Morgan fingerprint density at radius 1 is 1.47 bits per heavy atom. The summed E-state index contributed by atoms with van der Waals surface area (Å²) in [6.07, 6.45) is 5.48. The molecular weight excluding hydrogens is 282 g/mol. The number of pyridine rings is 1. The third-order valence-electron chi connectivity index (χ3n) is 2.26. The van der Waals surface area contributed by atoms with Gasteiger partial charge in [0.15, 0.2) is 0 Å². The molecule has 2 heterocycles. The van der Waals surface area contributed by atoms with Crippen LogP contribution in [0.15, 0.2) is 29.1 Å². The highest BCUT2D eigenvalue weighted by molar-refractivity contribution is 9.10. The lowest BCUT2D eigenvalue weighted by Crippen LogP contribution is -2.12. The predicted octanol–water partition coefficient (Wildman–Crippen LogP) is 2.04. The molecule has 2 rings (SSSR count). The lowest BCUT2D eigenvalue weighted by Gasteiger charge is -2.07. The van der Waals surface area contributed by atoms with Gasteiger partial charge in [-0.2, -0.15) is 5.10 Å². The molecule has 0 amide bonds. The van der Waals surface area contributed by atoms with Crippen molar-refractivity contribution >= 4 is 27.4 Å². The van der Waals surface area contributed by atoms with Crippen LogP contribution in [-0.2, 0) is 6.54 Å². The molecule has 6 heteroatoms. The summed E-state index contributed by atoms with van der Waals surface area (Å²) in [4.78, 5) is 4.20. The molecule has 0 spiro atoms. The van der Waals surface area contributed by atoms with Crippen molar-refractivity contribution in [3.8, 4) is 0 Å². The van der Waals surface area contributed by atoms with Crippen LogP contribution < -0.4 is 11.1 Å². The van der Waals surface area contributed by atoms with Crippen LogP contribution in [0.5, 0.6) is 0 Å². The number of nitrogens with zero attached hydrogens (tertiary/aromatic N) is 3. The first-order valence-corrected chi connectivity index (χ1v) is 6.08. The van der Waals surface area contributed by atoms with E-state index in [0.717, 1.165) is 28.9 Å². The average Bonchev–Trinajstić information content (AvgIpc) is 2.68. The van der Waals surface area contributed by atoms with Crippen molar-refractivity contribution in [1.29, 1.82) is 0 Å². The normalized spacial score (nSPS) is 10.5. The molecule has 0 radical (unpaired) electrons. The number of hydrogen-bond acceptors (Lipinski definition) is 4. The SMILES string of the molecule is Cc1cnn(CCNc2ncc(N)cc2Br)c1. The molecule has 3 N–H and O–H groups in total. The van der Waals surface area contributed by atoms with Gasteiger partial charge in [0.05, 0.1) is 29.1 Å². The molecule has 0 saturated carbocycles. The van der Waals surface area contributed by atoms with Crippen LogP contribution in [0.3, 0.4) is 0 Å². The zero-order valence-electron chi connectivity index (χ0n) is 9.52. The second-order valence-electron chi connectivity index (χ2n) is 3.81. The minimum Gasteiger partial charge on any atom is -0.397 e. The summed E-state index contributed by atoms with van der Waals surface area (Å²) in [6, 6.07) is 1.83. The molecule has 0 aliphatic heterocycles. The van der Waals surface area contributed by atoms with Gasteiger partial charge >= 0.3 is 0 Å². The van der Waals surface area contributed by atoms with Crippen LogP contribution in [0.25, 0.3) is 0 Å². The third-order valence-corrected chi connectivity index (χ3v) is 2.86. The van der Waals surface area contributed by atoms with Crippen molar-refractivity contribution in [3.05, 3.63) is 34.7 Å². The quantitative estimate of drug-likeness (QED) is 0.906. The monoisotopic (exact) mass is 295 g/mol. The Labute approximate surface area is 108 Å². The van der Waals surface area contributed by atoms with Crippen molar-refractivity contribution in [1.82, 2.24) is 14.8 Å². The van der Waals surface area contributed by atoms with E-state index in [9.17, 15) is 0 Å². The second-order valence-corrected chi connectivity index (χ2v) is 4.66. The first-order valence-electron chi connectivity index (χ1n) is 5.29. The van der Waals surface area contributed by atoms with E-state index in [1.165, 1.54) is 0 Å². The van der Waals surface area contributed by atoms with Crippen LogP contribution in [0, 0.1) is 6.92 Å². The number of hydrogen-bond donors (Lipinski definition) is 2. The first-order chi connectivity index (χ1) is 8.15. The highest BCUT2D eigenvalue weighted by Gasteiger charge is 2.01. The van der Waals surface area contributed by atoms with Crippen LogP contribution in [-0.4, -0.2) is 21.3 Å². The Bertz CT molecular complexity index is 508. The first kappa shape index (κ1) is 11.9. The number of halogens is 1. The van der Waals surface area contributed by atoms with Crippen LogP contribution in [0.4, 0.5) is 11.5 Å². The molecule has 2 aromatic heterocycles. The fourth-order valence-electron chi connectivity index (χ4n) is 1.46. The summed E-state index contributed by atoms with van der Waals surface area (Å²) >= 11 is 3.41. The molecule has 0 unspecified atom stereocenters. The summed E-state index contributed by atoms with van der Waals surface area (Å²) in [7, 11) is 0. The van der Waals surface area contributed by atoms with E-state index in [2.05, 4.69) is 31.3 Å². The van der Waals surface area contributed by atoms with Gasteiger partial charge in [-0.1, -0.05) is 0 Å². The molecule has 0 aromatic carbocycles. The molecule has 0 aliphatic carbocycles. The van der Waals surface area contributed by atoms with E-state index >= 15 is 0 Å². The zero-order valence-corrected chi connectivity index (χ0v) is 11.1. The van der Waals surface area contributed by atoms with E-state index in [0.29, 0.717) is 5.69 Å². The molecule has 0 saturated heterocycles. The molecule has 17 heavy (non-hydrogen) atoms. The van der Waals surface area contributed by atoms with Crippen molar-refractivity contribution < 1.29 is 0 Å². The molecule has 0 atom stereocenters. The van der Waals surface area contributed by atoms with Crippen LogP contribution in [0.1, 0.15) is 5.56 Å². The number of rotatable bonds is 4. The van der Waals surface area contributed by atoms with Gasteiger partial charge < -0.3 is 11.1 Å². The Morgan fingerprint density at radius 3 is 2.94 bits per heavy atom. The van der Waals surface area contributed by atoms with Crippen molar-refractivity contribution in [2.45, 2.75) is 13.5 Å². The number of nitrogen functional groups attached to an aromatic ring is 1. The van der Waals surface area contributed by atoms with Gasteiger partial charge in [0.25, 0.3) is 0 Å². The summed E-state index contributed by atoms with van der Waals surface area (Å²) in [6.45, 7) is 3.58. The van der Waals surface area contributed by atoms with Gasteiger partial charge in [0.2, 0.25) is 0 Å². The predicted molar refractivity (Wildman–Crippen MR) is 71.8 cm³/mol. The number of nitrogens with one attached hydrogen (secondary N) is 1. The fourth-order valence-corrected chi connectivity index (χ4v) is 1.97. The van der Waals surface area contributed by atoms with E-state index in [1.807, 2.05) is 30.1 Å². The largest absolute Gasteiger partial charge is 0.397 e.